The second kappa shape index (κ2) is 10.3. The van der Waals surface area contributed by atoms with Gasteiger partial charge in [0, 0.05) is 25.6 Å². The first-order chi connectivity index (χ1) is 16.4. The standard InChI is InChI=1S/C26H30N2O6/c1-3-22(24(29)28-13-20(25(30)31)23(14-28)33-4-2)27-26(32)34-15-21-18-11-7-5-9-16(18)17-10-6-8-12-19(17)21/h5-12,20-23H,3-4,13-15H2,1-2H3,(H,27,32)(H,30,31)/t20?,22-,23?/m0/s1. The molecule has 4 rings (SSSR count). The lowest BCUT2D eigenvalue weighted by Gasteiger charge is -2.23. The molecule has 1 saturated heterocycles. The quantitative estimate of drug-likeness (QED) is 0.619. The van der Waals surface area contributed by atoms with E-state index in [-0.39, 0.29) is 31.5 Å². The number of fused-ring (bicyclic) bond motifs is 3. The summed E-state index contributed by atoms with van der Waals surface area (Å²) in [5.41, 5.74) is 4.50. The van der Waals surface area contributed by atoms with Gasteiger partial charge in [0.05, 0.1) is 6.10 Å². The Hall–Kier alpha value is -3.39. The molecule has 2 aliphatic rings. The molecule has 8 heteroatoms. The molecular weight excluding hydrogens is 436 g/mol. The van der Waals surface area contributed by atoms with Crippen LogP contribution in [0.4, 0.5) is 4.79 Å². The molecule has 1 heterocycles. The molecule has 0 bridgehead atoms. The Bertz CT molecular complexity index is 1030. The van der Waals surface area contributed by atoms with E-state index < -0.39 is 30.1 Å². The summed E-state index contributed by atoms with van der Waals surface area (Å²) in [5, 5.41) is 12.1. The topological polar surface area (TPSA) is 105 Å². The molecule has 0 saturated carbocycles. The highest BCUT2D eigenvalue weighted by molar-refractivity contribution is 5.87. The molecule has 2 aromatic rings. The number of carboxylic acids is 1. The predicted molar refractivity (Wildman–Crippen MR) is 125 cm³/mol. The summed E-state index contributed by atoms with van der Waals surface area (Å²) in [6.07, 6.45) is -0.868. The highest BCUT2D eigenvalue weighted by Crippen LogP contribution is 2.44. The molecule has 1 fully saturated rings. The maximum Gasteiger partial charge on any atom is 0.407 e. The number of carbonyl (C=O) groups excluding carboxylic acids is 2. The number of carboxylic acid groups (broad SMARTS) is 1. The highest BCUT2D eigenvalue weighted by Gasteiger charge is 2.42. The first-order valence-electron chi connectivity index (χ1n) is 11.7. The van der Waals surface area contributed by atoms with Gasteiger partial charge in [-0.1, -0.05) is 55.5 Å². The minimum atomic E-state index is -0.994. The van der Waals surface area contributed by atoms with Crippen LogP contribution in [-0.2, 0) is 19.1 Å². The van der Waals surface area contributed by atoms with Gasteiger partial charge in [0.2, 0.25) is 5.91 Å². The van der Waals surface area contributed by atoms with Crippen molar-refractivity contribution in [3.8, 4) is 11.1 Å². The zero-order valence-corrected chi connectivity index (χ0v) is 19.4. The highest BCUT2D eigenvalue weighted by atomic mass is 16.5. The molecular formula is C26H30N2O6. The lowest BCUT2D eigenvalue weighted by atomic mass is 9.98. The summed E-state index contributed by atoms with van der Waals surface area (Å²) < 4.78 is 11.1. The number of nitrogens with zero attached hydrogens (tertiary/aromatic N) is 1. The van der Waals surface area contributed by atoms with E-state index >= 15 is 0 Å². The SMILES string of the molecule is CCOC1CN(C(=O)[C@H](CC)NC(=O)OCC2c3ccccc3-c3ccccc32)CC1C(=O)O. The van der Waals surface area contributed by atoms with E-state index in [9.17, 15) is 19.5 Å². The minimum Gasteiger partial charge on any atom is -0.481 e. The molecule has 8 nitrogen and oxygen atoms in total. The molecule has 1 aliphatic heterocycles. The second-order valence-corrected chi connectivity index (χ2v) is 8.61. The summed E-state index contributed by atoms with van der Waals surface area (Å²) in [7, 11) is 0. The fourth-order valence-electron chi connectivity index (χ4n) is 4.92. The van der Waals surface area contributed by atoms with Crippen LogP contribution in [0.5, 0.6) is 0 Å². The number of nitrogens with one attached hydrogen (secondary N) is 1. The molecule has 0 aromatic heterocycles. The number of ether oxygens (including phenoxy) is 2. The number of hydrogen-bond acceptors (Lipinski definition) is 5. The van der Waals surface area contributed by atoms with Crippen LogP contribution in [-0.4, -0.2) is 66.4 Å². The van der Waals surface area contributed by atoms with Gasteiger partial charge in [0.15, 0.2) is 0 Å². The third-order valence-electron chi connectivity index (χ3n) is 6.62. The summed E-state index contributed by atoms with van der Waals surface area (Å²) in [6.45, 7) is 4.34. The zero-order valence-electron chi connectivity index (χ0n) is 19.4. The van der Waals surface area contributed by atoms with Gasteiger partial charge in [0.25, 0.3) is 0 Å². The van der Waals surface area contributed by atoms with Crippen molar-refractivity contribution in [1.29, 1.82) is 0 Å². The number of carbonyl (C=O) groups is 3. The Labute approximate surface area is 198 Å². The van der Waals surface area contributed by atoms with E-state index in [1.165, 1.54) is 4.90 Å². The second-order valence-electron chi connectivity index (χ2n) is 8.61. The molecule has 1 aliphatic carbocycles. The maximum absolute atomic E-state index is 13.0. The van der Waals surface area contributed by atoms with Gasteiger partial charge in [-0.25, -0.2) is 4.79 Å². The first kappa shape index (κ1) is 23.8. The normalized spacial score (nSPS) is 19.9. The first-order valence-corrected chi connectivity index (χ1v) is 11.7. The molecule has 2 N–H and O–H groups in total. The van der Waals surface area contributed by atoms with Crippen molar-refractivity contribution >= 4 is 18.0 Å². The van der Waals surface area contributed by atoms with Crippen LogP contribution in [0.2, 0.25) is 0 Å². The molecule has 34 heavy (non-hydrogen) atoms. The van der Waals surface area contributed by atoms with Gasteiger partial charge in [-0.3, -0.25) is 9.59 Å². The zero-order chi connectivity index (χ0) is 24.2. The third kappa shape index (κ3) is 4.63. The van der Waals surface area contributed by atoms with Crippen molar-refractivity contribution in [2.24, 2.45) is 5.92 Å². The fourth-order valence-corrected chi connectivity index (χ4v) is 4.92. The molecule has 0 radical (unpaired) electrons. The van der Waals surface area contributed by atoms with E-state index in [0.717, 1.165) is 22.3 Å². The Kier molecular flexibility index (Phi) is 7.17. The van der Waals surface area contributed by atoms with Crippen molar-refractivity contribution in [3.05, 3.63) is 59.7 Å². The minimum absolute atomic E-state index is 0.0572. The molecule has 2 unspecified atom stereocenters. The van der Waals surface area contributed by atoms with Crippen molar-refractivity contribution < 1.29 is 29.0 Å². The predicted octanol–water partition coefficient (Wildman–Crippen LogP) is 3.25. The summed E-state index contributed by atoms with van der Waals surface area (Å²) in [5.74, 6) is -2.18. The van der Waals surface area contributed by atoms with Crippen LogP contribution in [0.25, 0.3) is 11.1 Å². The van der Waals surface area contributed by atoms with Crippen molar-refractivity contribution in [3.63, 3.8) is 0 Å². The Balaban J connectivity index is 1.38. The van der Waals surface area contributed by atoms with Gasteiger partial charge >= 0.3 is 12.1 Å². The Morgan fingerprint density at radius 3 is 2.21 bits per heavy atom. The number of alkyl carbamates (subject to hydrolysis) is 1. The van der Waals surface area contributed by atoms with E-state index in [1.807, 2.05) is 36.4 Å². The molecule has 3 atom stereocenters. The maximum atomic E-state index is 13.0. The Morgan fingerprint density at radius 2 is 1.65 bits per heavy atom. The summed E-state index contributed by atoms with van der Waals surface area (Å²) >= 11 is 0. The van der Waals surface area contributed by atoms with Crippen LogP contribution < -0.4 is 5.32 Å². The lowest BCUT2D eigenvalue weighted by molar-refractivity contribution is -0.145. The van der Waals surface area contributed by atoms with Crippen molar-refractivity contribution in [2.45, 2.75) is 38.3 Å². The molecule has 0 spiro atoms. The third-order valence-corrected chi connectivity index (χ3v) is 6.62. The van der Waals surface area contributed by atoms with Crippen molar-refractivity contribution in [2.75, 3.05) is 26.3 Å². The van der Waals surface area contributed by atoms with Gasteiger partial charge < -0.3 is 24.8 Å². The number of benzene rings is 2. The number of aliphatic carboxylic acids is 1. The van der Waals surface area contributed by atoms with Crippen LogP contribution >= 0.6 is 0 Å². The monoisotopic (exact) mass is 466 g/mol. The van der Waals surface area contributed by atoms with E-state index in [2.05, 4.69) is 17.4 Å². The average molecular weight is 467 g/mol. The van der Waals surface area contributed by atoms with Gasteiger partial charge in [0.1, 0.15) is 18.6 Å². The smallest absolute Gasteiger partial charge is 0.407 e. The fraction of sp³-hybridized carbons (Fsp3) is 0.423. The largest absolute Gasteiger partial charge is 0.481 e. The van der Waals surface area contributed by atoms with Crippen LogP contribution in [0, 0.1) is 5.92 Å². The van der Waals surface area contributed by atoms with Crippen LogP contribution in [0.3, 0.4) is 0 Å². The number of amides is 2. The molecule has 2 aromatic carbocycles. The average Bonchev–Trinajstić information content (AvgIpc) is 3.41. The van der Waals surface area contributed by atoms with Gasteiger partial charge in [-0.05, 0) is 35.6 Å². The number of rotatable bonds is 8. The summed E-state index contributed by atoms with van der Waals surface area (Å²) in [4.78, 5) is 38.7. The van der Waals surface area contributed by atoms with Crippen molar-refractivity contribution in [1.82, 2.24) is 10.2 Å². The number of likely N-dealkylation sites (tertiary alicyclic amines) is 1. The van der Waals surface area contributed by atoms with E-state index in [1.54, 1.807) is 13.8 Å². The molecule has 2 amide bonds. The van der Waals surface area contributed by atoms with Gasteiger partial charge in [-0.2, -0.15) is 0 Å². The lowest BCUT2D eigenvalue weighted by Crippen LogP contribution is -2.48. The van der Waals surface area contributed by atoms with Gasteiger partial charge in [-0.15, -0.1) is 0 Å². The van der Waals surface area contributed by atoms with Crippen LogP contribution in [0.1, 0.15) is 37.3 Å². The van der Waals surface area contributed by atoms with Crippen LogP contribution in [0.15, 0.2) is 48.5 Å². The van der Waals surface area contributed by atoms with E-state index in [0.29, 0.717) is 13.0 Å². The summed E-state index contributed by atoms with van der Waals surface area (Å²) in [6, 6.07) is 15.3. The molecule has 180 valence electrons. The Morgan fingerprint density at radius 1 is 1.03 bits per heavy atom. The van der Waals surface area contributed by atoms with E-state index in [4.69, 9.17) is 9.47 Å². The number of hydrogen-bond donors (Lipinski definition) is 2.